The molecule has 5 nitrogen and oxygen atoms in total. The van der Waals surface area contributed by atoms with Crippen molar-refractivity contribution < 1.29 is 9.59 Å². The first-order chi connectivity index (χ1) is 12.0. The fourth-order valence-electron chi connectivity index (χ4n) is 3.01. The van der Waals surface area contributed by atoms with Gasteiger partial charge in [-0.05, 0) is 56.4 Å². The summed E-state index contributed by atoms with van der Waals surface area (Å²) in [5.41, 5.74) is 3.23. The molecule has 2 rings (SSSR count). The third kappa shape index (κ3) is 5.93. The van der Waals surface area contributed by atoms with E-state index in [1.807, 2.05) is 43.3 Å². The van der Waals surface area contributed by atoms with Gasteiger partial charge in [-0.15, -0.1) is 0 Å². The predicted molar refractivity (Wildman–Crippen MR) is 103 cm³/mol. The van der Waals surface area contributed by atoms with E-state index in [4.69, 9.17) is 0 Å². The molecule has 0 atom stereocenters. The van der Waals surface area contributed by atoms with Crippen molar-refractivity contribution in [1.29, 1.82) is 0 Å². The van der Waals surface area contributed by atoms with Gasteiger partial charge >= 0.3 is 0 Å². The SMILES string of the molecule is CC(=O)N(CC(=O)NCCC1=CCCCC1)c1ccc(N(C)C)cc1. The van der Waals surface area contributed by atoms with Crippen LogP contribution in [0.1, 0.15) is 39.0 Å². The third-order valence-electron chi connectivity index (χ3n) is 4.51. The van der Waals surface area contributed by atoms with Gasteiger partial charge in [-0.25, -0.2) is 0 Å². The monoisotopic (exact) mass is 343 g/mol. The molecule has 0 radical (unpaired) electrons. The number of rotatable bonds is 7. The van der Waals surface area contributed by atoms with Gasteiger partial charge in [-0.2, -0.15) is 0 Å². The van der Waals surface area contributed by atoms with E-state index in [9.17, 15) is 9.59 Å². The molecule has 25 heavy (non-hydrogen) atoms. The topological polar surface area (TPSA) is 52.7 Å². The van der Waals surface area contributed by atoms with Gasteiger partial charge in [-0.3, -0.25) is 9.59 Å². The smallest absolute Gasteiger partial charge is 0.240 e. The first kappa shape index (κ1) is 19.0. The van der Waals surface area contributed by atoms with Crippen LogP contribution in [0.5, 0.6) is 0 Å². The van der Waals surface area contributed by atoms with Gasteiger partial charge in [0.2, 0.25) is 11.8 Å². The fourth-order valence-corrected chi connectivity index (χ4v) is 3.01. The maximum Gasteiger partial charge on any atom is 0.240 e. The third-order valence-corrected chi connectivity index (χ3v) is 4.51. The number of hydrogen-bond donors (Lipinski definition) is 1. The molecule has 0 heterocycles. The lowest BCUT2D eigenvalue weighted by Crippen LogP contribution is -2.40. The van der Waals surface area contributed by atoms with E-state index in [-0.39, 0.29) is 18.4 Å². The van der Waals surface area contributed by atoms with E-state index in [1.54, 1.807) is 0 Å². The zero-order valence-electron chi connectivity index (χ0n) is 15.5. The number of amides is 2. The summed E-state index contributed by atoms with van der Waals surface area (Å²) in [5, 5.41) is 2.93. The van der Waals surface area contributed by atoms with Gasteiger partial charge in [0, 0.05) is 38.9 Å². The summed E-state index contributed by atoms with van der Waals surface area (Å²) in [6.07, 6.45) is 8.03. The standard InChI is InChI=1S/C20H29N3O2/c1-16(24)23(19-11-9-18(10-12-19)22(2)3)15-20(25)21-14-13-17-7-5-4-6-8-17/h7,9-12H,4-6,8,13-15H2,1-3H3,(H,21,25). The highest BCUT2D eigenvalue weighted by atomic mass is 16.2. The number of nitrogens with zero attached hydrogens (tertiary/aromatic N) is 2. The summed E-state index contributed by atoms with van der Waals surface area (Å²) in [6, 6.07) is 7.63. The summed E-state index contributed by atoms with van der Waals surface area (Å²) < 4.78 is 0. The molecular weight excluding hydrogens is 314 g/mol. The number of hydrogen-bond acceptors (Lipinski definition) is 3. The molecular formula is C20H29N3O2. The summed E-state index contributed by atoms with van der Waals surface area (Å²) in [6.45, 7) is 2.17. The van der Waals surface area contributed by atoms with Crippen LogP contribution < -0.4 is 15.1 Å². The lowest BCUT2D eigenvalue weighted by Gasteiger charge is -2.22. The molecule has 0 saturated carbocycles. The van der Waals surface area contributed by atoms with Gasteiger partial charge in [0.05, 0.1) is 0 Å². The molecule has 1 aromatic carbocycles. The summed E-state index contributed by atoms with van der Waals surface area (Å²) in [7, 11) is 3.93. The molecule has 1 aliphatic carbocycles. The van der Waals surface area contributed by atoms with Crippen molar-refractivity contribution in [3.63, 3.8) is 0 Å². The Kier molecular flexibility index (Phi) is 7.04. The van der Waals surface area contributed by atoms with E-state index >= 15 is 0 Å². The minimum atomic E-state index is -0.136. The minimum absolute atomic E-state index is 0.0513. The fraction of sp³-hybridized carbons (Fsp3) is 0.500. The first-order valence-corrected chi connectivity index (χ1v) is 8.97. The zero-order valence-corrected chi connectivity index (χ0v) is 15.5. The van der Waals surface area contributed by atoms with Crippen molar-refractivity contribution in [2.24, 2.45) is 0 Å². The highest BCUT2D eigenvalue weighted by Crippen LogP contribution is 2.20. The van der Waals surface area contributed by atoms with E-state index in [0.29, 0.717) is 6.54 Å². The van der Waals surface area contributed by atoms with Crippen LogP contribution in [0.3, 0.4) is 0 Å². The molecule has 0 fully saturated rings. The van der Waals surface area contributed by atoms with Crippen LogP contribution in [0.2, 0.25) is 0 Å². The molecule has 1 aromatic rings. The number of carbonyl (C=O) groups is 2. The summed E-state index contributed by atoms with van der Waals surface area (Å²) >= 11 is 0. The minimum Gasteiger partial charge on any atom is -0.378 e. The quantitative estimate of drug-likeness (QED) is 0.774. The Morgan fingerprint density at radius 3 is 2.32 bits per heavy atom. The molecule has 5 heteroatoms. The van der Waals surface area contributed by atoms with Crippen LogP contribution in [0.4, 0.5) is 11.4 Å². The lowest BCUT2D eigenvalue weighted by molar-refractivity contribution is -0.123. The average Bonchev–Trinajstić information content (AvgIpc) is 2.60. The second kappa shape index (κ2) is 9.25. The van der Waals surface area contributed by atoms with Gasteiger partial charge in [0.25, 0.3) is 0 Å². The van der Waals surface area contributed by atoms with Crippen LogP contribution in [0, 0.1) is 0 Å². The normalized spacial score (nSPS) is 13.8. The number of allylic oxidation sites excluding steroid dienone is 1. The largest absolute Gasteiger partial charge is 0.378 e. The Hall–Kier alpha value is -2.30. The van der Waals surface area contributed by atoms with Crippen molar-refractivity contribution in [2.75, 3.05) is 37.0 Å². The Balaban J connectivity index is 1.88. The molecule has 0 saturated heterocycles. The Labute approximate surface area is 150 Å². The van der Waals surface area contributed by atoms with Crippen LogP contribution in [0.25, 0.3) is 0 Å². The van der Waals surface area contributed by atoms with E-state index in [1.165, 1.54) is 30.2 Å². The zero-order chi connectivity index (χ0) is 18.2. The molecule has 1 aliphatic rings. The van der Waals surface area contributed by atoms with Gasteiger partial charge in [-0.1, -0.05) is 11.6 Å². The van der Waals surface area contributed by atoms with Crippen molar-refractivity contribution in [3.05, 3.63) is 35.9 Å². The Bertz CT molecular complexity index is 620. The lowest BCUT2D eigenvalue weighted by atomic mass is 9.97. The molecule has 1 N–H and O–H groups in total. The van der Waals surface area contributed by atoms with Crippen LogP contribution in [-0.4, -0.2) is 39.0 Å². The first-order valence-electron chi connectivity index (χ1n) is 8.97. The van der Waals surface area contributed by atoms with Gasteiger partial charge in [0.1, 0.15) is 6.54 Å². The van der Waals surface area contributed by atoms with E-state index < -0.39 is 0 Å². The van der Waals surface area contributed by atoms with Gasteiger partial charge < -0.3 is 15.1 Å². The van der Waals surface area contributed by atoms with Crippen LogP contribution in [-0.2, 0) is 9.59 Å². The summed E-state index contributed by atoms with van der Waals surface area (Å²) in [5.74, 6) is -0.258. The van der Waals surface area contributed by atoms with Crippen molar-refractivity contribution in [3.8, 4) is 0 Å². The van der Waals surface area contributed by atoms with Crippen LogP contribution >= 0.6 is 0 Å². The maximum absolute atomic E-state index is 12.2. The van der Waals surface area contributed by atoms with Gasteiger partial charge in [0.15, 0.2) is 0 Å². The highest BCUT2D eigenvalue weighted by molar-refractivity contribution is 5.97. The maximum atomic E-state index is 12.2. The number of carbonyl (C=O) groups excluding carboxylic acids is 2. The number of anilines is 2. The molecule has 0 unspecified atom stereocenters. The number of benzene rings is 1. The van der Waals surface area contributed by atoms with Crippen LogP contribution in [0.15, 0.2) is 35.9 Å². The summed E-state index contributed by atoms with van der Waals surface area (Å²) in [4.78, 5) is 27.7. The van der Waals surface area contributed by atoms with Crippen molar-refractivity contribution >= 4 is 23.2 Å². The van der Waals surface area contributed by atoms with Crippen molar-refractivity contribution in [1.82, 2.24) is 5.32 Å². The molecule has 2 amide bonds. The highest BCUT2D eigenvalue weighted by Gasteiger charge is 2.16. The second-order valence-corrected chi connectivity index (χ2v) is 6.72. The average molecular weight is 343 g/mol. The molecule has 0 bridgehead atoms. The molecule has 0 aliphatic heterocycles. The molecule has 136 valence electrons. The Morgan fingerprint density at radius 2 is 1.76 bits per heavy atom. The predicted octanol–water partition coefficient (Wildman–Crippen LogP) is 3.11. The second-order valence-electron chi connectivity index (χ2n) is 6.72. The van der Waals surface area contributed by atoms with E-state index in [0.717, 1.165) is 30.6 Å². The number of nitrogens with one attached hydrogen (secondary N) is 1. The Morgan fingerprint density at radius 1 is 1.08 bits per heavy atom. The van der Waals surface area contributed by atoms with Crippen molar-refractivity contribution in [2.45, 2.75) is 39.0 Å². The molecule has 0 spiro atoms. The van der Waals surface area contributed by atoms with E-state index in [2.05, 4.69) is 11.4 Å². The molecule has 0 aromatic heterocycles.